The summed E-state index contributed by atoms with van der Waals surface area (Å²) in [5, 5.41) is 5.68. The lowest BCUT2D eigenvalue weighted by atomic mass is 10.1. The number of aryl methyl sites for hydroxylation is 1. The summed E-state index contributed by atoms with van der Waals surface area (Å²) in [5.74, 6) is -0.721. The van der Waals surface area contributed by atoms with Gasteiger partial charge in [0.2, 0.25) is 0 Å². The van der Waals surface area contributed by atoms with Gasteiger partial charge in [0.1, 0.15) is 5.58 Å². The molecule has 3 aromatic carbocycles. The fourth-order valence-electron chi connectivity index (χ4n) is 4.35. The number of benzene rings is 3. The van der Waals surface area contributed by atoms with E-state index < -0.39 is 15.7 Å². The van der Waals surface area contributed by atoms with Crippen LogP contribution in [0.3, 0.4) is 0 Å². The number of furan rings is 1. The van der Waals surface area contributed by atoms with Crippen LogP contribution in [-0.2, 0) is 22.1 Å². The van der Waals surface area contributed by atoms with Crippen LogP contribution in [0.15, 0.2) is 71.1 Å². The summed E-state index contributed by atoms with van der Waals surface area (Å²) in [5.41, 5.74) is 3.71. The van der Waals surface area contributed by atoms with E-state index in [-0.39, 0.29) is 11.5 Å². The minimum atomic E-state index is -3.36. The number of amides is 1. The van der Waals surface area contributed by atoms with Crippen molar-refractivity contribution in [3.63, 3.8) is 0 Å². The first kappa shape index (κ1) is 20.3. The van der Waals surface area contributed by atoms with Gasteiger partial charge >= 0.3 is 0 Å². The quantitative estimate of drug-likeness (QED) is 0.394. The van der Waals surface area contributed by atoms with Crippen LogP contribution in [0.1, 0.15) is 23.0 Å². The molecule has 0 aliphatic rings. The van der Waals surface area contributed by atoms with E-state index in [1.54, 1.807) is 24.3 Å². The van der Waals surface area contributed by atoms with Gasteiger partial charge in [-0.2, -0.15) is 0 Å². The standard InChI is InChI=1S/C25H22N2O4S/c1-3-27-21-10-6-4-8-17(21)19-14-16(12-13-22(19)27)26-25(28)24-20(15-32(2,29)30)18-9-5-7-11-23(18)31-24/h4-14H,3,15H2,1-2H3,(H,26,28). The van der Waals surface area contributed by atoms with Gasteiger partial charge in [-0.25, -0.2) is 8.42 Å². The van der Waals surface area contributed by atoms with Gasteiger partial charge in [0, 0.05) is 51.2 Å². The second kappa shape index (κ2) is 7.53. The van der Waals surface area contributed by atoms with E-state index in [0.717, 1.165) is 34.6 Å². The number of para-hydroxylation sites is 2. The van der Waals surface area contributed by atoms with Crippen molar-refractivity contribution in [2.75, 3.05) is 11.6 Å². The Labute approximate surface area is 185 Å². The van der Waals surface area contributed by atoms with E-state index in [0.29, 0.717) is 22.2 Å². The van der Waals surface area contributed by atoms with Gasteiger partial charge in [0.05, 0.1) is 5.75 Å². The molecule has 0 aliphatic carbocycles. The Morgan fingerprint density at radius 2 is 1.62 bits per heavy atom. The van der Waals surface area contributed by atoms with Gasteiger partial charge in [-0.3, -0.25) is 4.79 Å². The molecule has 6 nitrogen and oxygen atoms in total. The van der Waals surface area contributed by atoms with Gasteiger partial charge in [0.25, 0.3) is 5.91 Å². The number of fused-ring (bicyclic) bond motifs is 4. The maximum atomic E-state index is 13.1. The van der Waals surface area contributed by atoms with E-state index >= 15 is 0 Å². The number of hydrogen-bond donors (Lipinski definition) is 1. The molecule has 1 N–H and O–H groups in total. The van der Waals surface area contributed by atoms with Crippen molar-refractivity contribution in [1.82, 2.24) is 4.57 Å². The Kier molecular flexibility index (Phi) is 4.78. The summed E-state index contributed by atoms with van der Waals surface area (Å²) in [6.45, 7) is 2.94. The van der Waals surface area contributed by atoms with Gasteiger partial charge in [-0.05, 0) is 37.3 Å². The molecule has 0 bridgehead atoms. The van der Waals surface area contributed by atoms with Crippen molar-refractivity contribution in [1.29, 1.82) is 0 Å². The van der Waals surface area contributed by atoms with Crippen LogP contribution in [0.4, 0.5) is 5.69 Å². The summed E-state index contributed by atoms with van der Waals surface area (Å²) in [6.07, 6.45) is 1.15. The number of sulfone groups is 1. The van der Waals surface area contributed by atoms with Crippen LogP contribution in [0, 0.1) is 0 Å². The third-order valence-corrected chi connectivity index (χ3v) is 6.47. The molecule has 32 heavy (non-hydrogen) atoms. The molecule has 5 rings (SSSR count). The Morgan fingerprint density at radius 3 is 2.38 bits per heavy atom. The van der Waals surface area contributed by atoms with Gasteiger partial charge in [-0.1, -0.05) is 36.4 Å². The average molecular weight is 447 g/mol. The molecular formula is C25H22N2O4S. The molecule has 162 valence electrons. The Bertz CT molecular complexity index is 1610. The minimum absolute atomic E-state index is 0.0210. The molecular weight excluding hydrogens is 424 g/mol. The van der Waals surface area contributed by atoms with Crippen LogP contribution in [0.25, 0.3) is 32.8 Å². The van der Waals surface area contributed by atoms with Crippen molar-refractivity contribution >= 4 is 54.2 Å². The maximum absolute atomic E-state index is 13.1. The number of nitrogens with zero attached hydrogens (tertiary/aromatic N) is 1. The normalized spacial score (nSPS) is 12.1. The van der Waals surface area contributed by atoms with Gasteiger partial charge < -0.3 is 14.3 Å². The molecule has 0 aliphatic heterocycles. The molecule has 0 radical (unpaired) electrons. The summed E-state index contributed by atoms with van der Waals surface area (Å²) < 4.78 is 32.0. The predicted octanol–water partition coefficient (Wildman–Crippen LogP) is 5.36. The molecule has 0 spiro atoms. The maximum Gasteiger partial charge on any atom is 0.291 e. The van der Waals surface area contributed by atoms with Crippen molar-refractivity contribution < 1.29 is 17.6 Å². The molecule has 0 saturated heterocycles. The lowest BCUT2D eigenvalue weighted by Gasteiger charge is -2.07. The van der Waals surface area contributed by atoms with Crippen LogP contribution < -0.4 is 5.32 Å². The molecule has 5 aromatic rings. The number of aromatic nitrogens is 1. The molecule has 0 atom stereocenters. The molecule has 0 unspecified atom stereocenters. The first-order chi connectivity index (χ1) is 15.4. The third kappa shape index (κ3) is 3.44. The second-order valence-electron chi connectivity index (χ2n) is 7.92. The van der Waals surface area contributed by atoms with Gasteiger partial charge in [-0.15, -0.1) is 0 Å². The Morgan fingerprint density at radius 1 is 0.938 bits per heavy atom. The van der Waals surface area contributed by atoms with Crippen molar-refractivity contribution in [3.05, 3.63) is 78.1 Å². The monoisotopic (exact) mass is 446 g/mol. The lowest BCUT2D eigenvalue weighted by Crippen LogP contribution is -2.14. The summed E-state index contributed by atoms with van der Waals surface area (Å²) in [6, 6.07) is 21.0. The highest BCUT2D eigenvalue weighted by atomic mass is 32.2. The average Bonchev–Trinajstić information content (AvgIpc) is 3.28. The van der Waals surface area contributed by atoms with Crippen molar-refractivity contribution in [2.45, 2.75) is 19.2 Å². The van der Waals surface area contributed by atoms with E-state index in [1.165, 1.54) is 0 Å². The number of nitrogens with one attached hydrogen (secondary N) is 1. The van der Waals surface area contributed by atoms with Crippen LogP contribution in [-0.4, -0.2) is 25.1 Å². The van der Waals surface area contributed by atoms with Crippen LogP contribution in [0.2, 0.25) is 0 Å². The van der Waals surface area contributed by atoms with E-state index in [4.69, 9.17) is 4.42 Å². The number of carbonyl (C=O) groups is 1. The van der Waals surface area contributed by atoms with E-state index in [1.807, 2.05) is 30.3 Å². The Balaban J connectivity index is 1.58. The van der Waals surface area contributed by atoms with E-state index in [2.05, 4.69) is 28.9 Å². The zero-order valence-corrected chi connectivity index (χ0v) is 18.6. The highest BCUT2D eigenvalue weighted by Crippen LogP contribution is 2.32. The molecule has 0 saturated carbocycles. The molecule has 7 heteroatoms. The fraction of sp³-hybridized carbons (Fsp3) is 0.160. The zero-order valence-electron chi connectivity index (χ0n) is 17.8. The fourth-order valence-corrected chi connectivity index (χ4v) is 5.16. The lowest BCUT2D eigenvalue weighted by molar-refractivity contribution is 0.0998. The topological polar surface area (TPSA) is 81.3 Å². The van der Waals surface area contributed by atoms with Crippen molar-refractivity contribution in [2.24, 2.45) is 0 Å². The predicted molar refractivity (Wildman–Crippen MR) is 128 cm³/mol. The molecule has 1 amide bonds. The van der Waals surface area contributed by atoms with Crippen LogP contribution >= 0.6 is 0 Å². The highest BCUT2D eigenvalue weighted by Gasteiger charge is 2.23. The smallest absolute Gasteiger partial charge is 0.291 e. The zero-order chi connectivity index (χ0) is 22.5. The first-order valence-electron chi connectivity index (χ1n) is 10.4. The first-order valence-corrected chi connectivity index (χ1v) is 12.4. The number of anilines is 1. The summed E-state index contributed by atoms with van der Waals surface area (Å²) in [7, 11) is -3.36. The summed E-state index contributed by atoms with van der Waals surface area (Å²) in [4.78, 5) is 13.1. The van der Waals surface area contributed by atoms with Gasteiger partial charge in [0.15, 0.2) is 15.6 Å². The third-order valence-electron chi connectivity index (χ3n) is 5.66. The minimum Gasteiger partial charge on any atom is -0.451 e. The Hall–Kier alpha value is -3.58. The molecule has 2 heterocycles. The number of carbonyl (C=O) groups excluding carboxylic acids is 1. The molecule has 2 aromatic heterocycles. The van der Waals surface area contributed by atoms with Crippen molar-refractivity contribution in [3.8, 4) is 0 Å². The second-order valence-corrected chi connectivity index (χ2v) is 10.1. The largest absolute Gasteiger partial charge is 0.451 e. The van der Waals surface area contributed by atoms with Crippen LogP contribution in [0.5, 0.6) is 0 Å². The van der Waals surface area contributed by atoms with E-state index in [9.17, 15) is 13.2 Å². The highest BCUT2D eigenvalue weighted by molar-refractivity contribution is 7.89. The number of hydrogen-bond acceptors (Lipinski definition) is 4. The summed E-state index contributed by atoms with van der Waals surface area (Å²) >= 11 is 0. The SMILES string of the molecule is CCn1c2ccccc2c2cc(NC(=O)c3oc4ccccc4c3CS(C)(=O)=O)ccc21. The molecule has 0 fully saturated rings. The number of rotatable bonds is 5.